The average molecular weight is 427 g/mol. The lowest BCUT2D eigenvalue weighted by Crippen LogP contribution is -2.63. The molecule has 0 aromatic rings. The molecule has 31 heavy (non-hydrogen) atoms. The molecule has 1 heteroatoms. The first kappa shape index (κ1) is 22.5. The Kier molecular flexibility index (Phi) is 4.66. The van der Waals surface area contributed by atoms with Crippen LogP contribution in [0.5, 0.6) is 0 Å². The molecule has 0 spiro atoms. The summed E-state index contributed by atoms with van der Waals surface area (Å²) in [5, 5.41) is 10.9. The Hall–Kier alpha value is -0.300. The molecule has 5 aliphatic carbocycles. The minimum atomic E-state index is -0.122. The third-order valence-corrected chi connectivity index (χ3v) is 12.7. The largest absolute Gasteiger partial charge is 0.393 e. The number of hydrogen-bond acceptors (Lipinski definition) is 1. The standard InChI is InChI=1S/C30H50O/c1-25(2)17-18-27(5)13-9-21-29(7)14-10-20-26(3,4)24(31)12-16-28(20,6)22(29)11-15-30(21,8)23(27)19-25/h9,20,22-24,31H,10-19H2,1-8H3/t20-,22+,23+,24-,27-,28-,29-,30+/m0/s1. The Morgan fingerprint density at radius 2 is 1.32 bits per heavy atom. The Morgan fingerprint density at radius 3 is 2.00 bits per heavy atom. The van der Waals surface area contributed by atoms with Crippen molar-refractivity contribution < 1.29 is 5.11 Å². The van der Waals surface area contributed by atoms with Crippen LogP contribution in [0.3, 0.4) is 0 Å². The van der Waals surface area contributed by atoms with Crippen molar-refractivity contribution in [3.8, 4) is 0 Å². The van der Waals surface area contributed by atoms with Crippen LogP contribution < -0.4 is 0 Å². The first-order valence-electron chi connectivity index (χ1n) is 13.6. The van der Waals surface area contributed by atoms with Gasteiger partial charge in [-0.15, -0.1) is 0 Å². The van der Waals surface area contributed by atoms with Crippen molar-refractivity contribution in [3.63, 3.8) is 0 Å². The fourth-order valence-corrected chi connectivity index (χ4v) is 10.8. The van der Waals surface area contributed by atoms with Crippen molar-refractivity contribution in [3.05, 3.63) is 11.6 Å². The fraction of sp³-hybridized carbons (Fsp3) is 0.933. The zero-order valence-corrected chi connectivity index (χ0v) is 21.9. The predicted molar refractivity (Wildman–Crippen MR) is 131 cm³/mol. The lowest BCUT2D eigenvalue weighted by atomic mass is 9.35. The van der Waals surface area contributed by atoms with Gasteiger partial charge >= 0.3 is 0 Å². The van der Waals surface area contributed by atoms with Gasteiger partial charge in [0.2, 0.25) is 0 Å². The summed E-state index contributed by atoms with van der Waals surface area (Å²) in [6.45, 7) is 20.4. The van der Waals surface area contributed by atoms with Crippen molar-refractivity contribution in [1.82, 2.24) is 0 Å². The zero-order chi connectivity index (χ0) is 22.7. The summed E-state index contributed by atoms with van der Waals surface area (Å²) < 4.78 is 0. The van der Waals surface area contributed by atoms with Crippen molar-refractivity contribution in [2.45, 2.75) is 126 Å². The van der Waals surface area contributed by atoms with Gasteiger partial charge in [-0.05, 0) is 114 Å². The second-order valence-electron chi connectivity index (χ2n) is 15.3. The molecule has 0 unspecified atom stereocenters. The highest BCUT2D eigenvalue weighted by atomic mass is 16.3. The number of aliphatic hydroxyl groups excluding tert-OH is 1. The summed E-state index contributed by atoms with van der Waals surface area (Å²) in [7, 11) is 0. The molecule has 0 saturated heterocycles. The number of fused-ring (bicyclic) bond motifs is 7. The summed E-state index contributed by atoms with van der Waals surface area (Å²) >= 11 is 0. The molecule has 5 aliphatic rings. The SMILES string of the molecule is CC1(C)CC[C@]2(C)CC=C3[C@]4(C)CC[C@H]5C(C)(C)[C@@H](O)CC[C@]5(C)[C@H]4CC[C@@]3(C)[C@@H]2C1. The summed E-state index contributed by atoms with van der Waals surface area (Å²) in [4.78, 5) is 0. The van der Waals surface area contributed by atoms with Gasteiger partial charge in [-0.25, -0.2) is 0 Å². The van der Waals surface area contributed by atoms with E-state index in [0.717, 1.165) is 18.3 Å². The van der Waals surface area contributed by atoms with E-state index in [1.807, 2.05) is 5.57 Å². The van der Waals surface area contributed by atoms with Crippen LogP contribution in [0.15, 0.2) is 11.6 Å². The van der Waals surface area contributed by atoms with Crippen LogP contribution in [-0.2, 0) is 0 Å². The van der Waals surface area contributed by atoms with Crippen LogP contribution in [0.1, 0.15) is 120 Å². The van der Waals surface area contributed by atoms with E-state index in [1.54, 1.807) is 0 Å². The molecule has 0 radical (unpaired) electrons. The Balaban J connectivity index is 1.56. The molecule has 0 aromatic heterocycles. The molecular formula is C30H50O. The van der Waals surface area contributed by atoms with E-state index in [0.29, 0.717) is 33.0 Å². The Bertz CT molecular complexity index is 790. The smallest absolute Gasteiger partial charge is 0.0594 e. The normalized spacial score (nSPS) is 55.2. The molecule has 1 N–H and O–H groups in total. The zero-order valence-electron chi connectivity index (χ0n) is 21.9. The molecule has 0 heterocycles. The summed E-state index contributed by atoms with van der Waals surface area (Å²) in [6.07, 6.45) is 15.8. The van der Waals surface area contributed by atoms with Crippen LogP contribution in [0.25, 0.3) is 0 Å². The third-order valence-electron chi connectivity index (χ3n) is 12.7. The molecule has 176 valence electrons. The van der Waals surface area contributed by atoms with Gasteiger partial charge in [0.1, 0.15) is 0 Å². The van der Waals surface area contributed by atoms with Crippen LogP contribution in [0, 0.1) is 50.2 Å². The molecule has 1 nitrogen and oxygen atoms in total. The lowest BCUT2D eigenvalue weighted by Gasteiger charge is -2.70. The van der Waals surface area contributed by atoms with Crippen LogP contribution in [-0.4, -0.2) is 11.2 Å². The van der Waals surface area contributed by atoms with Gasteiger partial charge in [0, 0.05) is 0 Å². The maximum Gasteiger partial charge on any atom is 0.0594 e. The maximum absolute atomic E-state index is 10.9. The highest BCUT2D eigenvalue weighted by molar-refractivity contribution is 5.34. The summed E-state index contributed by atoms with van der Waals surface area (Å²) in [5.41, 5.74) is 4.07. The van der Waals surface area contributed by atoms with Gasteiger partial charge in [-0.3, -0.25) is 0 Å². The third kappa shape index (κ3) is 2.83. The number of aliphatic hydroxyl groups is 1. The quantitative estimate of drug-likeness (QED) is 0.387. The summed E-state index contributed by atoms with van der Waals surface area (Å²) in [5.74, 6) is 2.29. The van der Waals surface area contributed by atoms with Gasteiger partial charge in [0.15, 0.2) is 0 Å². The number of rotatable bonds is 0. The predicted octanol–water partition coefficient (Wildman–Crippen LogP) is 8.17. The molecule has 0 aliphatic heterocycles. The van der Waals surface area contributed by atoms with Gasteiger partial charge in [0.05, 0.1) is 6.10 Å². The van der Waals surface area contributed by atoms with E-state index in [1.165, 1.54) is 57.8 Å². The molecule has 0 bridgehead atoms. The Morgan fingerprint density at radius 1 is 0.710 bits per heavy atom. The van der Waals surface area contributed by atoms with Crippen molar-refractivity contribution in [1.29, 1.82) is 0 Å². The monoisotopic (exact) mass is 426 g/mol. The second kappa shape index (κ2) is 6.43. The van der Waals surface area contributed by atoms with Crippen molar-refractivity contribution >= 4 is 0 Å². The van der Waals surface area contributed by atoms with E-state index in [4.69, 9.17) is 0 Å². The second-order valence-corrected chi connectivity index (χ2v) is 15.3. The molecule has 8 atom stereocenters. The lowest BCUT2D eigenvalue weighted by molar-refractivity contribution is -0.184. The fourth-order valence-electron chi connectivity index (χ4n) is 10.8. The molecule has 0 aromatic carbocycles. The molecule has 4 fully saturated rings. The van der Waals surface area contributed by atoms with Gasteiger partial charge < -0.3 is 5.11 Å². The van der Waals surface area contributed by atoms with Crippen LogP contribution >= 0.6 is 0 Å². The van der Waals surface area contributed by atoms with Gasteiger partial charge in [0.25, 0.3) is 0 Å². The summed E-state index contributed by atoms with van der Waals surface area (Å²) in [6, 6.07) is 0. The highest BCUT2D eigenvalue weighted by Crippen LogP contribution is 2.74. The molecule has 4 saturated carbocycles. The van der Waals surface area contributed by atoms with Crippen LogP contribution in [0.2, 0.25) is 0 Å². The van der Waals surface area contributed by atoms with Gasteiger partial charge in [-0.2, -0.15) is 0 Å². The first-order chi connectivity index (χ1) is 14.2. The molecule has 5 rings (SSSR count). The first-order valence-corrected chi connectivity index (χ1v) is 13.6. The van der Waals surface area contributed by atoms with E-state index < -0.39 is 0 Å². The molecule has 0 amide bonds. The van der Waals surface area contributed by atoms with E-state index in [9.17, 15) is 5.11 Å². The number of hydrogen-bond donors (Lipinski definition) is 1. The topological polar surface area (TPSA) is 20.2 Å². The van der Waals surface area contributed by atoms with Crippen molar-refractivity contribution in [2.75, 3.05) is 0 Å². The average Bonchev–Trinajstić information content (AvgIpc) is 2.66. The molecular weight excluding hydrogens is 376 g/mol. The van der Waals surface area contributed by atoms with Crippen molar-refractivity contribution in [2.24, 2.45) is 50.2 Å². The van der Waals surface area contributed by atoms with Crippen LogP contribution in [0.4, 0.5) is 0 Å². The van der Waals surface area contributed by atoms with Gasteiger partial charge in [-0.1, -0.05) is 67.0 Å². The Labute approximate surface area is 192 Å². The number of allylic oxidation sites excluding steroid dienone is 2. The van der Waals surface area contributed by atoms with E-state index in [2.05, 4.69) is 61.5 Å². The minimum Gasteiger partial charge on any atom is -0.393 e. The highest BCUT2D eigenvalue weighted by Gasteiger charge is 2.66. The maximum atomic E-state index is 10.9. The van der Waals surface area contributed by atoms with E-state index >= 15 is 0 Å². The van der Waals surface area contributed by atoms with E-state index in [-0.39, 0.29) is 11.5 Å². The minimum absolute atomic E-state index is 0.0575.